The number of para-hydroxylation sites is 1. The van der Waals surface area contributed by atoms with Gasteiger partial charge < -0.3 is 8.83 Å². The molecule has 0 aliphatic heterocycles. The fourth-order valence-electron chi connectivity index (χ4n) is 5.57. The monoisotopic (exact) mass is 448 g/mol. The lowest BCUT2D eigenvalue weighted by Crippen LogP contribution is -1.87. The Hall–Kier alpha value is -4.56. The summed E-state index contributed by atoms with van der Waals surface area (Å²) in [5.74, 6) is 1.81. The molecule has 8 rings (SSSR count). The van der Waals surface area contributed by atoms with Crippen LogP contribution in [0.1, 0.15) is 5.56 Å². The zero-order valence-corrected chi connectivity index (χ0v) is 19.1. The van der Waals surface area contributed by atoms with E-state index in [1.165, 1.54) is 37.9 Å². The lowest BCUT2D eigenvalue weighted by atomic mass is 9.90. The Morgan fingerprint density at radius 2 is 1.17 bits per heavy atom. The second-order valence-corrected chi connectivity index (χ2v) is 9.49. The molecule has 2 nitrogen and oxygen atoms in total. The molecule has 0 N–H and O–H groups in total. The summed E-state index contributed by atoms with van der Waals surface area (Å²) in [6, 6.07) is 36.6. The van der Waals surface area contributed by atoms with Crippen molar-refractivity contribution in [1.82, 2.24) is 0 Å². The zero-order chi connectivity index (χ0) is 23.1. The molecule has 0 atom stereocenters. The van der Waals surface area contributed by atoms with Gasteiger partial charge in [0, 0.05) is 21.9 Å². The first-order valence-electron chi connectivity index (χ1n) is 11.9. The molecule has 0 aliphatic carbocycles. The van der Waals surface area contributed by atoms with E-state index in [1.54, 1.807) is 0 Å². The molecule has 0 amide bonds. The molecule has 6 aromatic carbocycles. The maximum absolute atomic E-state index is 6.32. The SMILES string of the molecule is Cc1ccc2cc(-c3ccc4ccc5cc(-c6cc7ccccc7o6)cc6ccc3c4c56)oc2c1. The molecule has 0 fully saturated rings. The third-order valence-electron chi connectivity index (χ3n) is 7.25. The van der Waals surface area contributed by atoms with Crippen molar-refractivity contribution in [1.29, 1.82) is 0 Å². The minimum atomic E-state index is 0.898. The number of rotatable bonds is 2. The molecule has 0 bridgehead atoms. The van der Waals surface area contributed by atoms with E-state index in [4.69, 9.17) is 8.83 Å². The van der Waals surface area contributed by atoms with Gasteiger partial charge in [0.2, 0.25) is 0 Å². The van der Waals surface area contributed by atoms with Gasteiger partial charge in [-0.05, 0) is 87.3 Å². The topological polar surface area (TPSA) is 26.3 Å². The molecule has 0 spiro atoms. The number of aryl methyl sites for hydroxylation is 1. The van der Waals surface area contributed by atoms with Gasteiger partial charge in [0.05, 0.1) is 0 Å². The maximum atomic E-state index is 6.32. The number of fused-ring (bicyclic) bond motifs is 2. The largest absolute Gasteiger partial charge is 0.456 e. The predicted molar refractivity (Wildman–Crippen MR) is 145 cm³/mol. The van der Waals surface area contributed by atoms with Gasteiger partial charge in [-0.2, -0.15) is 0 Å². The number of hydrogen-bond acceptors (Lipinski definition) is 2. The van der Waals surface area contributed by atoms with Crippen molar-refractivity contribution >= 4 is 54.3 Å². The Labute approximate surface area is 201 Å². The fourth-order valence-corrected chi connectivity index (χ4v) is 5.57. The summed E-state index contributed by atoms with van der Waals surface area (Å²) in [5.41, 5.74) is 5.27. The standard InChI is InChI=1S/C33H20O2/c1-19-6-7-22-18-31(35-29(22)14-19)26-12-10-20-8-9-23-15-25(16-24-11-13-27(26)33(20)32(23)24)30-17-21-4-2-3-5-28(21)34-30/h2-18H,1H3. The van der Waals surface area contributed by atoms with Crippen LogP contribution < -0.4 is 0 Å². The highest BCUT2D eigenvalue weighted by Gasteiger charge is 2.16. The van der Waals surface area contributed by atoms with Crippen molar-refractivity contribution in [3.05, 3.63) is 109 Å². The molecule has 0 radical (unpaired) electrons. The Morgan fingerprint density at radius 1 is 0.486 bits per heavy atom. The summed E-state index contributed by atoms with van der Waals surface area (Å²) in [6.45, 7) is 2.09. The van der Waals surface area contributed by atoms with Crippen LogP contribution in [0.15, 0.2) is 112 Å². The van der Waals surface area contributed by atoms with Crippen LogP contribution in [0.4, 0.5) is 0 Å². The number of hydrogen-bond donors (Lipinski definition) is 0. The van der Waals surface area contributed by atoms with E-state index >= 15 is 0 Å². The van der Waals surface area contributed by atoms with Gasteiger partial charge in [-0.25, -0.2) is 0 Å². The fraction of sp³-hybridized carbons (Fsp3) is 0.0303. The second-order valence-electron chi connectivity index (χ2n) is 9.49. The Morgan fingerprint density at radius 3 is 2.06 bits per heavy atom. The third kappa shape index (κ3) is 2.71. The van der Waals surface area contributed by atoms with Crippen molar-refractivity contribution in [3.63, 3.8) is 0 Å². The highest BCUT2D eigenvalue weighted by atomic mass is 16.3. The molecule has 2 heterocycles. The van der Waals surface area contributed by atoms with E-state index in [-0.39, 0.29) is 0 Å². The summed E-state index contributed by atoms with van der Waals surface area (Å²) in [6.07, 6.45) is 0. The van der Waals surface area contributed by atoms with E-state index < -0.39 is 0 Å². The molecule has 2 aromatic heterocycles. The molecular formula is C33H20O2. The molecule has 2 heteroatoms. The predicted octanol–water partition coefficient (Wildman–Crippen LogP) is 9.72. The zero-order valence-electron chi connectivity index (χ0n) is 19.1. The van der Waals surface area contributed by atoms with Gasteiger partial charge in [-0.3, -0.25) is 0 Å². The average Bonchev–Trinajstić information content (AvgIpc) is 3.51. The minimum Gasteiger partial charge on any atom is -0.456 e. The molecule has 0 saturated heterocycles. The van der Waals surface area contributed by atoms with Crippen LogP contribution in [-0.4, -0.2) is 0 Å². The van der Waals surface area contributed by atoms with Crippen molar-refractivity contribution < 1.29 is 8.83 Å². The van der Waals surface area contributed by atoms with Gasteiger partial charge in [0.25, 0.3) is 0 Å². The van der Waals surface area contributed by atoms with Gasteiger partial charge in [-0.1, -0.05) is 60.7 Å². The van der Waals surface area contributed by atoms with Crippen molar-refractivity contribution in [2.45, 2.75) is 6.92 Å². The van der Waals surface area contributed by atoms with Gasteiger partial charge in [0.15, 0.2) is 0 Å². The first kappa shape index (κ1) is 18.8. The first-order valence-corrected chi connectivity index (χ1v) is 11.9. The van der Waals surface area contributed by atoms with E-state index in [1.807, 2.05) is 18.2 Å². The first-order chi connectivity index (χ1) is 17.2. The number of furan rings is 2. The van der Waals surface area contributed by atoms with Crippen LogP contribution in [0, 0.1) is 6.92 Å². The molecule has 0 aliphatic rings. The van der Waals surface area contributed by atoms with Crippen molar-refractivity contribution in [3.8, 4) is 22.6 Å². The normalized spacial score (nSPS) is 12.1. The van der Waals surface area contributed by atoms with Gasteiger partial charge in [0.1, 0.15) is 22.7 Å². The molecule has 0 unspecified atom stereocenters. The summed E-state index contributed by atoms with van der Waals surface area (Å²) in [7, 11) is 0. The van der Waals surface area contributed by atoms with Crippen LogP contribution in [-0.2, 0) is 0 Å². The Bertz CT molecular complexity index is 2020. The van der Waals surface area contributed by atoms with Crippen LogP contribution in [0.25, 0.3) is 76.9 Å². The van der Waals surface area contributed by atoms with E-state index in [0.717, 1.165) is 44.6 Å². The summed E-state index contributed by atoms with van der Waals surface area (Å²) >= 11 is 0. The lowest BCUT2D eigenvalue weighted by molar-refractivity contribution is 0.631. The van der Waals surface area contributed by atoms with Gasteiger partial charge in [-0.15, -0.1) is 0 Å². The Kier molecular flexibility index (Phi) is 3.62. The molecule has 0 saturated carbocycles. The molecule has 8 aromatic rings. The summed E-state index contributed by atoms with van der Waals surface area (Å²) in [4.78, 5) is 0. The lowest BCUT2D eigenvalue weighted by Gasteiger charge is -2.14. The van der Waals surface area contributed by atoms with E-state index in [9.17, 15) is 0 Å². The average molecular weight is 449 g/mol. The highest BCUT2D eigenvalue weighted by molar-refractivity contribution is 6.26. The highest BCUT2D eigenvalue weighted by Crippen LogP contribution is 2.42. The third-order valence-corrected chi connectivity index (χ3v) is 7.25. The molecular weight excluding hydrogens is 428 g/mol. The molecule has 164 valence electrons. The number of benzene rings is 6. The van der Waals surface area contributed by atoms with Crippen molar-refractivity contribution in [2.75, 3.05) is 0 Å². The minimum absolute atomic E-state index is 0.898. The Balaban J connectivity index is 1.38. The molecule has 35 heavy (non-hydrogen) atoms. The van der Waals surface area contributed by atoms with Crippen LogP contribution >= 0.6 is 0 Å². The van der Waals surface area contributed by atoms with Gasteiger partial charge >= 0.3 is 0 Å². The van der Waals surface area contributed by atoms with E-state index in [2.05, 4.69) is 91.9 Å². The van der Waals surface area contributed by atoms with E-state index in [0.29, 0.717) is 0 Å². The maximum Gasteiger partial charge on any atom is 0.136 e. The summed E-state index contributed by atoms with van der Waals surface area (Å²) in [5, 5.41) is 9.71. The second kappa shape index (κ2) is 6.74. The van der Waals surface area contributed by atoms with Crippen molar-refractivity contribution in [2.24, 2.45) is 0 Å². The van der Waals surface area contributed by atoms with Crippen LogP contribution in [0.3, 0.4) is 0 Å². The smallest absolute Gasteiger partial charge is 0.136 e. The van der Waals surface area contributed by atoms with Crippen LogP contribution in [0.5, 0.6) is 0 Å². The van der Waals surface area contributed by atoms with Crippen LogP contribution in [0.2, 0.25) is 0 Å². The quantitative estimate of drug-likeness (QED) is 0.246. The summed E-state index contributed by atoms with van der Waals surface area (Å²) < 4.78 is 12.5.